The molecular formula is C70H52N4. The molecule has 0 bridgehead atoms. The van der Waals surface area contributed by atoms with Crippen molar-refractivity contribution in [2.45, 2.75) is 40.2 Å². The predicted molar refractivity (Wildman–Crippen MR) is 313 cm³/mol. The smallest absolute Gasteiger partial charge is 0.0654 e. The lowest BCUT2D eigenvalue weighted by Gasteiger charge is -2.32. The molecule has 0 radical (unpaired) electrons. The second kappa shape index (κ2) is 16.2. The number of benzene rings is 10. The highest BCUT2D eigenvalue weighted by atomic mass is 15.2. The average Bonchev–Trinajstić information content (AvgIpc) is 4.28. The molecule has 15 rings (SSSR count). The molecule has 4 nitrogen and oxygen atoms in total. The van der Waals surface area contributed by atoms with Crippen molar-refractivity contribution >= 4 is 93.9 Å². The molecule has 2 aliphatic rings. The molecular weight excluding hydrogens is 897 g/mol. The molecule has 4 heterocycles. The van der Waals surface area contributed by atoms with E-state index in [9.17, 15) is 0 Å². The number of aromatic nitrogens is 2. The summed E-state index contributed by atoms with van der Waals surface area (Å²) in [6.45, 7) is 8.85. The first-order valence-corrected chi connectivity index (χ1v) is 26.0. The van der Waals surface area contributed by atoms with Crippen LogP contribution >= 0.6 is 0 Å². The van der Waals surface area contributed by atoms with Crippen molar-refractivity contribution in [3.05, 3.63) is 258 Å². The van der Waals surface area contributed by atoms with E-state index in [0.29, 0.717) is 0 Å². The summed E-state index contributed by atoms with van der Waals surface area (Å²) in [7, 11) is 0. The van der Waals surface area contributed by atoms with E-state index in [4.69, 9.17) is 0 Å². The van der Waals surface area contributed by atoms with Gasteiger partial charge in [-0.3, -0.25) is 0 Å². The van der Waals surface area contributed by atoms with E-state index in [1.807, 2.05) is 0 Å². The second-order valence-electron chi connectivity index (χ2n) is 20.5. The van der Waals surface area contributed by atoms with E-state index < -0.39 is 0 Å². The summed E-state index contributed by atoms with van der Waals surface area (Å²) in [5, 5.41) is 7.62. The van der Waals surface area contributed by atoms with Crippen molar-refractivity contribution in [3.8, 4) is 22.3 Å². The zero-order valence-corrected chi connectivity index (χ0v) is 41.9. The van der Waals surface area contributed by atoms with Crippen LogP contribution < -0.4 is 9.80 Å². The third-order valence-corrected chi connectivity index (χ3v) is 16.5. The minimum Gasteiger partial charge on any atom is -0.331 e. The van der Waals surface area contributed by atoms with Gasteiger partial charge in [-0.1, -0.05) is 158 Å². The Hall–Kier alpha value is -9.12. The molecule has 0 fully saturated rings. The van der Waals surface area contributed by atoms with Crippen molar-refractivity contribution in [1.29, 1.82) is 0 Å². The topological polar surface area (TPSA) is 15.8 Å². The van der Waals surface area contributed by atoms with E-state index in [0.717, 1.165) is 29.2 Å². The predicted octanol–water partition coefficient (Wildman–Crippen LogP) is 19.0. The molecule has 1 unspecified atom stereocenters. The molecule has 4 heteroatoms. The number of anilines is 5. The fraction of sp³-hybridized carbons (Fsp3) is 0.0857. The van der Waals surface area contributed by atoms with Gasteiger partial charge in [0.2, 0.25) is 0 Å². The van der Waals surface area contributed by atoms with Crippen molar-refractivity contribution in [1.82, 2.24) is 8.97 Å². The molecule has 0 saturated heterocycles. The summed E-state index contributed by atoms with van der Waals surface area (Å²) in [6.07, 6.45) is 5.69. The number of aryl methyl sites for hydroxylation is 4. The van der Waals surface area contributed by atoms with E-state index >= 15 is 0 Å². The normalized spacial score (nSPS) is 14.2. The SMILES string of the molecule is Cc1ccc(N(C2=C3c4cccc5c6c(-c7ccccc7)c7c(c(-c8ccccc8)c6n(c45)C3CC=C2)c2cccc3c4c(N(c5ccccc5)c5ccc(C)c(C)c5)cccc4n7c32)c2ccccc2)cc1C. The maximum Gasteiger partial charge on any atom is 0.0654 e. The van der Waals surface area contributed by atoms with Crippen LogP contribution in [-0.2, 0) is 0 Å². The first-order valence-electron chi connectivity index (χ1n) is 26.0. The fourth-order valence-corrected chi connectivity index (χ4v) is 13.0. The van der Waals surface area contributed by atoms with Crippen LogP contribution in [0.25, 0.3) is 87.7 Å². The van der Waals surface area contributed by atoms with Crippen LogP contribution in [-0.4, -0.2) is 8.97 Å². The van der Waals surface area contributed by atoms with Gasteiger partial charge < -0.3 is 18.8 Å². The number of para-hydroxylation sites is 4. The van der Waals surface area contributed by atoms with Gasteiger partial charge >= 0.3 is 0 Å². The van der Waals surface area contributed by atoms with Crippen LogP contribution in [0.4, 0.5) is 28.4 Å². The van der Waals surface area contributed by atoms with E-state index in [-0.39, 0.29) is 6.04 Å². The van der Waals surface area contributed by atoms with Crippen LogP contribution in [0, 0.1) is 27.7 Å². The third-order valence-electron chi connectivity index (χ3n) is 16.5. The highest BCUT2D eigenvalue weighted by molar-refractivity contribution is 6.37. The number of nitrogens with zero attached hydrogens (tertiary/aromatic N) is 4. The minimum atomic E-state index is 0.0585. The highest BCUT2D eigenvalue weighted by Gasteiger charge is 2.39. The molecule has 0 N–H and O–H groups in total. The lowest BCUT2D eigenvalue weighted by Crippen LogP contribution is -2.21. The Bertz CT molecular complexity index is 4480. The van der Waals surface area contributed by atoms with Gasteiger partial charge in [0, 0.05) is 77.3 Å². The van der Waals surface area contributed by atoms with Crippen LogP contribution in [0.3, 0.4) is 0 Å². The lowest BCUT2D eigenvalue weighted by molar-refractivity contribution is 0.680. The molecule has 0 spiro atoms. The van der Waals surface area contributed by atoms with E-state index in [2.05, 4.69) is 271 Å². The fourth-order valence-electron chi connectivity index (χ4n) is 13.0. The number of hydrogen-bond donors (Lipinski definition) is 0. The van der Waals surface area contributed by atoms with Gasteiger partial charge in [0.15, 0.2) is 0 Å². The first-order chi connectivity index (χ1) is 36.4. The van der Waals surface area contributed by atoms with E-state index in [1.165, 1.54) is 127 Å². The Morgan fingerprint density at radius 1 is 0.405 bits per heavy atom. The molecule has 1 atom stereocenters. The molecule has 13 aromatic rings. The van der Waals surface area contributed by atoms with Gasteiger partial charge in [-0.15, -0.1) is 0 Å². The quantitative estimate of drug-likeness (QED) is 0.151. The zero-order chi connectivity index (χ0) is 49.3. The molecule has 1 aliphatic heterocycles. The molecule has 1 aliphatic carbocycles. The molecule has 0 saturated carbocycles. The summed E-state index contributed by atoms with van der Waals surface area (Å²) >= 11 is 0. The van der Waals surface area contributed by atoms with Crippen LogP contribution in [0.1, 0.15) is 40.3 Å². The van der Waals surface area contributed by atoms with Gasteiger partial charge in [-0.05, 0) is 134 Å². The van der Waals surface area contributed by atoms with E-state index in [1.54, 1.807) is 0 Å². The maximum atomic E-state index is 2.77. The monoisotopic (exact) mass is 948 g/mol. The summed E-state index contributed by atoms with van der Waals surface area (Å²) in [4.78, 5) is 4.96. The molecule has 3 aromatic heterocycles. The number of hydrogen-bond acceptors (Lipinski definition) is 2. The van der Waals surface area contributed by atoms with Gasteiger partial charge in [-0.2, -0.15) is 0 Å². The summed E-state index contributed by atoms with van der Waals surface area (Å²) in [5.41, 5.74) is 26.1. The number of fused-ring (bicyclic) bond motifs is 12. The van der Waals surface area contributed by atoms with Crippen molar-refractivity contribution in [2.24, 2.45) is 0 Å². The standard InChI is InChI=1S/C70H52N4/c1-43-37-39-51(41-45(43)3)71(49-25-13-7-14-26-49)57-33-19-35-59-63(57)53-29-17-31-55-65-62(48-23-11-6-12-24-48)70-66(61(47-21-9-5-10-22-47)69(65)73(59)67(53)55)56-32-18-30-54-64-58(34-20-36-60(64)74(70)68(54)56)72(50-27-15-8-16-28-50)52-40-38-44(2)46(4)42-52/h5-35,37-42,60H,36H2,1-4H3. The van der Waals surface area contributed by atoms with Gasteiger partial charge in [0.05, 0.1) is 45.0 Å². The Morgan fingerprint density at radius 2 is 0.919 bits per heavy atom. The van der Waals surface area contributed by atoms with Gasteiger partial charge in [0.1, 0.15) is 0 Å². The Balaban J connectivity index is 1.11. The first kappa shape index (κ1) is 42.6. The van der Waals surface area contributed by atoms with Crippen molar-refractivity contribution in [2.75, 3.05) is 9.80 Å². The lowest BCUT2D eigenvalue weighted by atomic mass is 9.87. The van der Waals surface area contributed by atoms with Crippen molar-refractivity contribution < 1.29 is 0 Å². The summed E-state index contributed by atoms with van der Waals surface area (Å²) in [6, 6.07) is 79.3. The Labute approximate surface area is 430 Å². The van der Waals surface area contributed by atoms with Crippen LogP contribution in [0.2, 0.25) is 0 Å². The van der Waals surface area contributed by atoms with Crippen LogP contribution in [0.15, 0.2) is 230 Å². The summed E-state index contributed by atoms with van der Waals surface area (Å²) in [5.74, 6) is 0. The van der Waals surface area contributed by atoms with Gasteiger partial charge in [0.25, 0.3) is 0 Å². The minimum absolute atomic E-state index is 0.0585. The van der Waals surface area contributed by atoms with Crippen molar-refractivity contribution in [3.63, 3.8) is 0 Å². The Kier molecular flexibility index (Phi) is 9.31. The average molecular weight is 949 g/mol. The number of rotatable bonds is 8. The second-order valence-corrected chi connectivity index (χ2v) is 20.5. The zero-order valence-electron chi connectivity index (χ0n) is 41.9. The third kappa shape index (κ3) is 5.97. The largest absolute Gasteiger partial charge is 0.331 e. The highest BCUT2D eigenvalue weighted by Crippen LogP contribution is 2.59. The molecule has 352 valence electrons. The summed E-state index contributed by atoms with van der Waals surface area (Å²) < 4.78 is 5.41. The van der Waals surface area contributed by atoms with Gasteiger partial charge in [-0.25, -0.2) is 0 Å². The number of allylic oxidation sites excluding steroid dienone is 3. The molecule has 74 heavy (non-hydrogen) atoms. The van der Waals surface area contributed by atoms with Crippen LogP contribution in [0.5, 0.6) is 0 Å². The molecule has 0 amide bonds. The molecule has 10 aromatic carbocycles. The maximum absolute atomic E-state index is 2.77. The Morgan fingerprint density at radius 3 is 1.54 bits per heavy atom.